The van der Waals surface area contributed by atoms with Crippen LogP contribution in [-0.2, 0) is 0 Å². The zero-order valence-electron chi connectivity index (χ0n) is 13.7. The fourth-order valence-electron chi connectivity index (χ4n) is 2.43. The van der Waals surface area contributed by atoms with Gasteiger partial charge in [-0.2, -0.15) is 0 Å². The minimum absolute atomic E-state index is 0.213. The fourth-order valence-corrected chi connectivity index (χ4v) is 2.63. The lowest BCUT2D eigenvalue weighted by Crippen LogP contribution is -2.34. The van der Waals surface area contributed by atoms with Crippen LogP contribution in [0.15, 0.2) is 60.8 Å². The van der Waals surface area contributed by atoms with E-state index in [1.54, 1.807) is 30.5 Å². The van der Waals surface area contributed by atoms with Gasteiger partial charge in [0.2, 0.25) is 0 Å². The highest BCUT2D eigenvalue weighted by Gasteiger charge is 2.10. The van der Waals surface area contributed by atoms with Crippen LogP contribution in [0.2, 0.25) is 0 Å². The second kappa shape index (κ2) is 7.72. The molecule has 0 unspecified atom stereocenters. The number of hydrogen-bond donors (Lipinski definition) is 2. The SMILES string of the molecule is CCOc1cccc(C(=O)NC(=S)Nc2cccc3cccnc23)c1. The van der Waals surface area contributed by atoms with Gasteiger partial charge < -0.3 is 10.1 Å². The van der Waals surface area contributed by atoms with Gasteiger partial charge in [0.05, 0.1) is 17.8 Å². The molecule has 1 aromatic heterocycles. The molecular weight excluding hydrogens is 334 g/mol. The first kappa shape index (κ1) is 16.9. The standard InChI is InChI=1S/C19H17N3O2S/c1-2-24-15-9-3-7-14(12-15)18(23)22-19(25)21-16-10-4-6-13-8-5-11-20-17(13)16/h3-12H,2H2,1H3,(H2,21,22,23,25). The van der Waals surface area contributed by atoms with Gasteiger partial charge in [-0.3, -0.25) is 15.1 Å². The lowest BCUT2D eigenvalue weighted by Gasteiger charge is -2.12. The van der Waals surface area contributed by atoms with E-state index in [-0.39, 0.29) is 11.0 Å². The number of ether oxygens (including phenoxy) is 1. The molecule has 6 heteroatoms. The van der Waals surface area contributed by atoms with Gasteiger partial charge in [0, 0.05) is 17.1 Å². The van der Waals surface area contributed by atoms with Crippen molar-refractivity contribution in [1.82, 2.24) is 10.3 Å². The second-order valence-electron chi connectivity index (χ2n) is 5.25. The van der Waals surface area contributed by atoms with Crippen LogP contribution < -0.4 is 15.4 Å². The van der Waals surface area contributed by atoms with Crippen molar-refractivity contribution in [2.45, 2.75) is 6.92 Å². The van der Waals surface area contributed by atoms with Crippen molar-refractivity contribution in [3.8, 4) is 5.75 Å². The number of fused-ring (bicyclic) bond motifs is 1. The molecule has 2 N–H and O–H groups in total. The molecule has 0 aliphatic carbocycles. The third-order valence-corrected chi connectivity index (χ3v) is 3.72. The number of para-hydroxylation sites is 1. The van der Waals surface area contributed by atoms with Crippen LogP contribution in [0.3, 0.4) is 0 Å². The van der Waals surface area contributed by atoms with E-state index in [2.05, 4.69) is 15.6 Å². The van der Waals surface area contributed by atoms with E-state index >= 15 is 0 Å². The molecule has 0 saturated heterocycles. The summed E-state index contributed by atoms with van der Waals surface area (Å²) in [7, 11) is 0. The number of aromatic nitrogens is 1. The first-order valence-corrected chi connectivity index (χ1v) is 8.27. The van der Waals surface area contributed by atoms with Crippen molar-refractivity contribution in [3.05, 3.63) is 66.4 Å². The number of thiocarbonyl (C=S) groups is 1. The predicted octanol–water partition coefficient (Wildman–Crippen LogP) is 3.76. The quantitative estimate of drug-likeness (QED) is 0.701. The van der Waals surface area contributed by atoms with Crippen molar-refractivity contribution < 1.29 is 9.53 Å². The maximum atomic E-state index is 12.4. The molecule has 0 fully saturated rings. The van der Waals surface area contributed by atoms with Crippen LogP contribution >= 0.6 is 12.2 Å². The average molecular weight is 351 g/mol. The Balaban J connectivity index is 1.71. The summed E-state index contributed by atoms with van der Waals surface area (Å²) in [4.78, 5) is 16.7. The van der Waals surface area contributed by atoms with E-state index < -0.39 is 0 Å². The lowest BCUT2D eigenvalue weighted by molar-refractivity contribution is 0.0977. The van der Waals surface area contributed by atoms with Gasteiger partial charge >= 0.3 is 0 Å². The zero-order chi connectivity index (χ0) is 17.6. The monoisotopic (exact) mass is 351 g/mol. The number of nitrogens with one attached hydrogen (secondary N) is 2. The Morgan fingerprint density at radius 2 is 1.96 bits per heavy atom. The highest BCUT2D eigenvalue weighted by molar-refractivity contribution is 7.80. The highest BCUT2D eigenvalue weighted by atomic mass is 32.1. The van der Waals surface area contributed by atoms with Crippen LogP contribution in [0.5, 0.6) is 5.75 Å². The molecule has 1 amide bonds. The Hall–Kier alpha value is -2.99. The Bertz CT molecular complexity index is 922. The van der Waals surface area contributed by atoms with Crippen molar-refractivity contribution in [2.75, 3.05) is 11.9 Å². The molecule has 3 rings (SSSR count). The Morgan fingerprint density at radius 3 is 2.80 bits per heavy atom. The summed E-state index contributed by atoms with van der Waals surface area (Å²) in [6, 6.07) is 16.5. The van der Waals surface area contributed by atoms with Crippen molar-refractivity contribution in [2.24, 2.45) is 0 Å². The van der Waals surface area contributed by atoms with E-state index in [0.717, 1.165) is 16.6 Å². The van der Waals surface area contributed by atoms with Gasteiger partial charge in [0.1, 0.15) is 5.75 Å². The summed E-state index contributed by atoms with van der Waals surface area (Å²) >= 11 is 5.26. The van der Waals surface area contributed by atoms with Crippen LogP contribution in [-0.4, -0.2) is 22.6 Å². The number of amides is 1. The molecule has 0 saturated carbocycles. The van der Waals surface area contributed by atoms with Crippen molar-refractivity contribution >= 4 is 39.8 Å². The summed E-state index contributed by atoms with van der Waals surface area (Å²) in [5, 5.41) is 6.91. The molecule has 3 aromatic rings. The van der Waals surface area contributed by atoms with Crippen LogP contribution in [0.4, 0.5) is 5.69 Å². The molecule has 0 aliphatic heterocycles. The molecule has 0 spiro atoms. The minimum Gasteiger partial charge on any atom is -0.494 e. The fraction of sp³-hybridized carbons (Fsp3) is 0.105. The number of carbonyl (C=O) groups is 1. The Labute approximate surface area is 151 Å². The third-order valence-electron chi connectivity index (χ3n) is 3.52. The molecule has 126 valence electrons. The van der Waals surface area contributed by atoms with E-state index in [1.165, 1.54) is 0 Å². The number of nitrogens with zero attached hydrogens (tertiary/aromatic N) is 1. The summed E-state index contributed by atoms with van der Waals surface area (Å²) in [5.41, 5.74) is 2.01. The van der Waals surface area contributed by atoms with E-state index in [1.807, 2.05) is 37.3 Å². The smallest absolute Gasteiger partial charge is 0.257 e. The third kappa shape index (κ3) is 4.10. The summed E-state index contributed by atoms with van der Waals surface area (Å²) < 4.78 is 5.41. The lowest BCUT2D eigenvalue weighted by atomic mass is 10.2. The van der Waals surface area contributed by atoms with Crippen LogP contribution in [0, 0.1) is 0 Å². The minimum atomic E-state index is -0.299. The molecule has 0 bridgehead atoms. The van der Waals surface area contributed by atoms with E-state index in [4.69, 9.17) is 17.0 Å². The van der Waals surface area contributed by atoms with E-state index in [9.17, 15) is 4.79 Å². The largest absolute Gasteiger partial charge is 0.494 e. The van der Waals surface area contributed by atoms with Gasteiger partial charge in [-0.05, 0) is 49.5 Å². The van der Waals surface area contributed by atoms with Gasteiger partial charge in [-0.15, -0.1) is 0 Å². The second-order valence-corrected chi connectivity index (χ2v) is 5.66. The topological polar surface area (TPSA) is 63.2 Å². The predicted molar refractivity (Wildman–Crippen MR) is 103 cm³/mol. The van der Waals surface area contributed by atoms with Crippen LogP contribution in [0.1, 0.15) is 17.3 Å². The van der Waals surface area contributed by atoms with Gasteiger partial charge in [-0.1, -0.05) is 24.3 Å². The molecule has 2 aromatic carbocycles. The Morgan fingerprint density at radius 1 is 1.16 bits per heavy atom. The number of rotatable bonds is 4. The molecule has 5 nitrogen and oxygen atoms in total. The van der Waals surface area contributed by atoms with Crippen molar-refractivity contribution in [1.29, 1.82) is 0 Å². The van der Waals surface area contributed by atoms with Gasteiger partial charge in [0.25, 0.3) is 5.91 Å². The maximum Gasteiger partial charge on any atom is 0.257 e. The van der Waals surface area contributed by atoms with Gasteiger partial charge in [0.15, 0.2) is 5.11 Å². The zero-order valence-corrected chi connectivity index (χ0v) is 14.5. The molecular formula is C19H17N3O2S. The first-order valence-electron chi connectivity index (χ1n) is 7.86. The van der Waals surface area contributed by atoms with Crippen molar-refractivity contribution in [3.63, 3.8) is 0 Å². The number of hydrogen-bond acceptors (Lipinski definition) is 4. The van der Waals surface area contributed by atoms with Crippen LogP contribution in [0.25, 0.3) is 10.9 Å². The maximum absolute atomic E-state index is 12.4. The molecule has 0 radical (unpaired) electrons. The number of anilines is 1. The van der Waals surface area contributed by atoms with E-state index in [0.29, 0.717) is 17.9 Å². The summed E-state index contributed by atoms with van der Waals surface area (Å²) in [5.74, 6) is 0.347. The van der Waals surface area contributed by atoms with Gasteiger partial charge in [-0.25, -0.2) is 0 Å². The normalized spacial score (nSPS) is 10.3. The first-order chi connectivity index (χ1) is 12.2. The Kier molecular flexibility index (Phi) is 5.20. The summed E-state index contributed by atoms with van der Waals surface area (Å²) in [6.07, 6.45) is 1.72. The molecule has 1 heterocycles. The number of carbonyl (C=O) groups excluding carboxylic acids is 1. The summed E-state index contributed by atoms with van der Waals surface area (Å²) in [6.45, 7) is 2.43. The average Bonchev–Trinajstić information content (AvgIpc) is 2.62. The molecule has 0 aliphatic rings. The number of pyridine rings is 1. The molecule has 25 heavy (non-hydrogen) atoms. The molecule has 0 atom stereocenters. The number of benzene rings is 2. The highest BCUT2D eigenvalue weighted by Crippen LogP contribution is 2.20.